The fraction of sp³-hybridized carbons (Fsp3) is 0.850. The van der Waals surface area contributed by atoms with E-state index in [9.17, 15) is 24.2 Å². The number of carbonyl (C=O) groups is 2. The summed E-state index contributed by atoms with van der Waals surface area (Å²) < 4.78 is 32.5. The smallest absolute Gasteiger partial charge is 0.462 e. The summed E-state index contributed by atoms with van der Waals surface area (Å²) in [4.78, 5) is 34.8. The van der Waals surface area contributed by atoms with Crippen LogP contribution in [0.25, 0.3) is 0 Å². The van der Waals surface area contributed by atoms with Crippen molar-refractivity contribution < 1.29 is 47.8 Å². The standard InChI is InChI=1S/C40H75O10P/c1-3-5-7-9-11-13-15-17-18-20-21-23-25-27-29-31-39(43)47-35-38(36-49-51(45,46)48-34-37(42)33-41)50-40(44)32-30-28-26-24-22-19-16-14-12-10-8-6-4-2/h19,22,25,27,37-38,41-42H,3-18,20-21,23-24,26,28-36H2,1-2H3,(H,45,46)/b22-19+,27-25+/t37-,38+/m0/s1. The first kappa shape index (κ1) is 49.5. The molecule has 0 aliphatic rings. The molecule has 1 unspecified atom stereocenters. The van der Waals surface area contributed by atoms with E-state index in [4.69, 9.17) is 19.1 Å². The Hall–Kier alpha value is -1.55. The number of ether oxygens (including phenoxy) is 2. The van der Waals surface area contributed by atoms with Gasteiger partial charge in [0.25, 0.3) is 0 Å². The molecule has 0 fully saturated rings. The van der Waals surface area contributed by atoms with E-state index in [0.717, 1.165) is 38.5 Å². The summed E-state index contributed by atoms with van der Waals surface area (Å²) in [5.74, 6) is -0.998. The molecule has 0 saturated carbocycles. The molecule has 0 amide bonds. The molecule has 0 saturated heterocycles. The van der Waals surface area contributed by atoms with Crippen molar-refractivity contribution in [2.45, 2.75) is 193 Å². The Bertz CT molecular complexity index is 910. The SMILES string of the molecule is CCCCCCCC/C=C/CCCCCC(=O)O[C@H](COC(=O)CC/C=C/CCCCCCCCCCCCC)COP(=O)(O)OC[C@@H](O)CO. The van der Waals surface area contributed by atoms with E-state index in [1.807, 2.05) is 6.08 Å². The van der Waals surface area contributed by atoms with Gasteiger partial charge in [-0.2, -0.15) is 0 Å². The molecule has 10 nitrogen and oxygen atoms in total. The first-order valence-corrected chi connectivity index (χ1v) is 21.8. The monoisotopic (exact) mass is 747 g/mol. The van der Waals surface area contributed by atoms with Crippen molar-refractivity contribution >= 4 is 19.8 Å². The second-order valence-electron chi connectivity index (χ2n) is 13.7. The molecule has 51 heavy (non-hydrogen) atoms. The highest BCUT2D eigenvalue weighted by atomic mass is 31.2. The highest BCUT2D eigenvalue weighted by Gasteiger charge is 2.27. The number of carbonyl (C=O) groups excluding carboxylic acids is 2. The third kappa shape index (κ3) is 36.6. The van der Waals surface area contributed by atoms with E-state index in [1.165, 1.54) is 103 Å². The minimum absolute atomic E-state index is 0.157. The number of unbranched alkanes of at least 4 members (excludes halogenated alkanes) is 20. The van der Waals surface area contributed by atoms with Crippen molar-refractivity contribution in [1.82, 2.24) is 0 Å². The topological polar surface area (TPSA) is 149 Å². The van der Waals surface area contributed by atoms with Crippen LogP contribution in [0.1, 0.15) is 181 Å². The predicted octanol–water partition coefficient (Wildman–Crippen LogP) is 10.2. The maximum absolute atomic E-state index is 12.5. The molecule has 0 bridgehead atoms. The van der Waals surface area contributed by atoms with Crippen molar-refractivity contribution in [2.24, 2.45) is 0 Å². The number of hydrogen-bond donors (Lipinski definition) is 3. The van der Waals surface area contributed by atoms with E-state index in [1.54, 1.807) is 0 Å². The molecule has 0 aromatic rings. The van der Waals surface area contributed by atoms with Gasteiger partial charge in [-0.1, -0.05) is 141 Å². The van der Waals surface area contributed by atoms with Crippen LogP contribution >= 0.6 is 7.82 Å². The molecular weight excluding hydrogens is 671 g/mol. The van der Waals surface area contributed by atoms with Crippen molar-refractivity contribution in [1.29, 1.82) is 0 Å². The Balaban J connectivity index is 4.39. The zero-order valence-corrected chi connectivity index (χ0v) is 33.2. The summed E-state index contributed by atoms with van der Waals surface area (Å²) in [6.45, 7) is 2.31. The van der Waals surface area contributed by atoms with Crippen LogP contribution in [0.4, 0.5) is 0 Å². The second-order valence-corrected chi connectivity index (χ2v) is 15.1. The van der Waals surface area contributed by atoms with Crippen LogP contribution in [-0.2, 0) is 32.7 Å². The second kappa shape index (κ2) is 36.8. The summed E-state index contributed by atoms with van der Waals surface area (Å²) >= 11 is 0. The quantitative estimate of drug-likeness (QED) is 0.0241. The zero-order valence-electron chi connectivity index (χ0n) is 32.3. The number of esters is 2. The minimum Gasteiger partial charge on any atom is -0.462 e. The van der Waals surface area contributed by atoms with Crippen molar-refractivity contribution in [2.75, 3.05) is 26.4 Å². The Morgan fingerprint density at radius 2 is 1.00 bits per heavy atom. The first-order chi connectivity index (χ1) is 24.7. The Labute approximate surface area is 310 Å². The van der Waals surface area contributed by atoms with Gasteiger partial charge in [0.2, 0.25) is 0 Å². The number of phosphoric acid groups is 1. The molecule has 300 valence electrons. The van der Waals surface area contributed by atoms with Crippen LogP contribution in [0.15, 0.2) is 24.3 Å². The van der Waals surface area contributed by atoms with Crippen LogP contribution < -0.4 is 0 Å². The normalized spacial score (nSPS) is 14.2. The Morgan fingerprint density at radius 3 is 1.49 bits per heavy atom. The number of aliphatic hydroxyl groups excluding tert-OH is 2. The van der Waals surface area contributed by atoms with Crippen LogP contribution in [0, 0.1) is 0 Å². The molecule has 3 atom stereocenters. The van der Waals surface area contributed by atoms with E-state index in [-0.39, 0.29) is 19.4 Å². The molecule has 0 rings (SSSR count). The minimum atomic E-state index is -4.62. The average Bonchev–Trinajstić information content (AvgIpc) is 3.12. The number of phosphoric ester groups is 1. The zero-order chi connectivity index (χ0) is 37.7. The van der Waals surface area contributed by atoms with Crippen LogP contribution in [0.3, 0.4) is 0 Å². The van der Waals surface area contributed by atoms with Gasteiger partial charge in [-0.05, 0) is 51.4 Å². The lowest BCUT2D eigenvalue weighted by Crippen LogP contribution is -2.29. The maximum Gasteiger partial charge on any atom is 0.472 e. The van der Waals surface area contributed by atoms with Crippen LogP contribution in [-0.4, -0.2) is 65.7 Å². The first-order valence-electron chi connectivity index (χ1n) is 20.3. The molecule has 0 radical (unpaired) electrons. The molecular formula is C40H75O10P. The summed E-state index contributed by atoms with van der Waals surface area (Å²) in [6, 6.07) is 0. The van der Waals surface area contributed by atoms with E-state index >= 15 is 0 Å². The molecule has 11 heteroatoms. The molecule has 0 aliphatic heterocycles. The lowest BCUT2D eigenvalue weighted by atomic mass is 10.1. The molecule has 0 aliphatic carbocycles. The fourth-order valence-electron chi connectivity index (χ4n) is 5.42. The Morgan fingerprint density at radius 1 is 0.569 bits per heavy atom. The lowest BCUT2D eigenvalue weighted by Gasteiger charge is -2.20. The van der Waals surface area contributed by atoms with Gasteiger partial charge in [-0.15, -0.1) is 0 Å². The third-order valence-electron chi connectivity index (χ3n) is 8.59. The van der Waals surface area contributed by atoms with E-state index in [0.29, 0.717) is 12.8 Å². The van der Waals surface area contributed by atoms with Gasteiger partial charge in [0, 0.05) is 12.8 Å². The molecule has 0 aromatic heterocycles. The van der Waals surface area contributed by atoms with Crippen molar-refractivity contribution in [3.8, 4) is 0 Å². The number of hydrogen-bond acceptors (Lipinski definition) is 9. The van der Waals surface area contributed by atoms with Gasteiger partial charge < -0.3 is 24.6 Å². The summed E-state index contributed by atoms with van der Waals surface area (Å²) in [6.07, 6.45) is 34.5. The highest BCUT2D eigenvalue weighted by Crippen LogP contribution is 2.43. The van der Waals surface area contributed by atoms with Gasteiger partial charge in [-0.3, -0.25) is 18.6 Å². The lowest BCUT2D eigenvalue weighted by molar-refractivity contribution is -0.161. The highest BCUT2D eigenvalue weighted by molar-refractivity contribution is 7.47. The molecule has 3 N–H and O–H groups in total. The number of allylic oxidation sites excluding steroid dienone is 4. The van der Waals surface area contributed by atoms with Crippen molar-refractivity contribution in [3.05, 3.63) is 24.3 Å². The van der Waals surface area contributed by atoms with Crippen LogP contribution in [0.2, 0.25) is 0 Å². The fourth-order valence-corrected chi connectivity index (χ4v) is 6.21. The molecule has 0 spiro atoms. The van der Waals surface area contributed by atoms with Crippen LogP contribution in [0.5, 0.6) is 0 Å². The van der Waals surface area contributed by atoms with E-state index in [2.05, 4.69) is 36.6 Å². The van der Waals surface area contributed by atoms with E-state index < -0.39 is 51.8 Å². The summed E-state index contributed by atoms with van der Waals surface area (Å²) in [5, 5.41) is 18.3. The Kier molecular flexibility index (Phi) is 35.7. The maximum atomic E-state index is 12.5. The summed E-state index contributed by atoms with van der Waals surface area (Å²) in [5.41, 5.74) is 0. The average molecular weight is 747 g/mol. The number of aliphatic hydroxyl groups is 2. The van der Waals surface area contributed by atoms with Gasteiger partial charge in [-0.25, -0.2) is 4.57 Å². The van der Waals surface area contributed by atoms with Gasteiger partial charge in [0.1, 0.15) is 12.7 Å². The third-order valence-corrected chi connectivity index (χ3v) is 9.54. The molecule has 0 heterocycles. The largest absolute Gasteiger partial charge is 0.472 e. The van der Waals surface area contributed by atoms with Gasteiger partial charge >= 0.3 is 19.8 Å². The van der Waals surface area contributed by atoms with Gasteiger partial charge in [0.15, 0.2) is 6.10 Å². The summed E-state index contributed by atoms with van der Waals surface area (Å²) in [7, 11) is -4.62. The predicted molar refractivity (Wildman–Crippen MR) is 205 cm³/mol. The molecule has 0 aromatic carbocycles. The number of rotatable bonds is 38. The van der Waals surface area contributed by atoms with Gasteiger partial charge in [0.05, 0.1) is 19.8 Å². The van der Waals surface area contributed by atoms with Crippen molar-refractivity contribution in [3.63, 3.8) is 0 Å².